The molecule has 2 nitrogen and oxygen atoms in total. The molecule has 0 spiro atoms. The van der Waals surface area contributed by atoms with Gasteiger partial charge >= 0.3 is 5.97 Å². The summed E-state index contributed by atoms with van der Waals surface area (Å²) in [5.74, 6) is -0.706. The Labute approximate surface area is 112 Å². The molecule has 1 N–H and O–H groups in total. The molecule has 0 saturated heterocycles. The second-order valence-electron chi connectivity index (χ2n) is 4.70. The van der Waals surface area contributed by atoms with E-state index in [9.17, 15) is 4.79 Å². The molecule has 2 heteroatoms. The van der Waals surface area contributed by atoms with Crippen LogP contribution in [0.2, 0.25) is 0 Å². The van der Waals surface area contributed by atoms with Gasteiger partial charge in [-0.3, -0.25) is 4.79 Å². The molecule has 0 atom stereocenters. The van der Waals surface area contributed by atoms with E-state index in [0.717, 1.165) is 19.3 Å². The van der Waals surface area contributed by atoms with Crippen LogP contribution in [0.4, 0.5) is 0 Å². The second-order valence-corrected chi connectivity index (χ2v) is 4.70. The predicted octanol–water partition coefficient (Wildman–Crippen LogP) is 5.10. The standard InChI is InChI=1S/C16H28O2/c1-2-3-4-5-6-7-8-9-10-11-12-13-14-15-16(17)18/h9-12H,2-8,13-15H2,1H3,(H,17,18)/b10-9+,12-11-. The van der Waals surface area contributed by atoms with Crippen LogP contribution in [0.5, 0.6) is 0 Å². The molecule has 0 fully saturated rings. The van der Waals surface area contributed by atoms with Gasteiger partial charge in [0.05, 0.1) is 0 Å². The van der Waals surface area contributed by atoms with Crippen molar-refractivity contribution < 1.29 is 9.90 Å². The Balaban J connectivity index is 3.21. The van der Waals surface area contributed by atoms with E-state index in [-0.39, 0.29) is 6.42 Å². The molecule has 0 aromatic heterocycles. The summed E-state index contributed by atoms with van der Waals surface area (Å²) in [7, 11) is 0. The maximum absolute atomic E-state index is 10.3. The summed E-state index contributed by atoms with van der Waals surface area (Å²) in [6.07, 6.45) is 19.4. The van der Waals surface area contributed by atoms with Crippen molar-refractivity contribution in [3.63, 3.8) is 0 Å². The first-order valence-electron chi connectivity index (χ1n) is 7.30. The lowest BCUT2D eigenvalue weighted by Crippen LogP contribution is -1.92. The Morgan fingerprint density at radius 3 is 2.06 bits per heavy atom. The number of aliphatic carboxylic acids is 1. The van der Waals surface area contributed by atoms with Crippen LogP contribution in [0.1, 0.15) is 71.1 Å². The topological polar surface area (TPSA) is 37.3 Å². The minimum atomic E-state index is -0.706. The smallest absolute Gasteiger partial charge is 0.303 e. The van der Waals surface area contributed by atoms with Gasteiger partial charge in [0.25, 0.3) is 0 Å². The Kier molecular flexibility index (Phi) is 13.2. The summed E-state index contributed by atoms with van der Waals surface area (Å²) in [6.45, 7) is 2.24. The minimum Gasteiger partial charge on any atom is -0.481 e. The van der Waals surface area contributed by atoms with Gasteiger partial charge in [0.2, 0.25) is 0 Å². The first-order valence-corrected chi connectivity index (χ1v) is 7.30. The first kappa shape index (κ1) is 16.9. The number of hydrogen-bond acceptors (Lipinski definition) is 1. The molecule has 0 aromatic rings. The third kappa shape index (κ3) is 14.9. The average Bonchev–Trinajstić information content (AvgIpc) is 2.34. The Morgan fingerprint density at radius 2 is 1.44 bits per heavy atom. The van der Waals surface area contributed by atoms with Gasteiger partial charge in [0.1, 0.15) is 0 Å². The Hall–Kier alpha value is -1.05. The molecule has 0 aliphatic carbocycles. The maximum Gasteiger partial charge on any atom is 0.303 e. The molecule has 18 heavy (non-hydrogen) atoms. The second kappa shape index (κ2) is 14.0. The number of carbonyl (C=O) groups is 1. The molecule has 0 radical (unpaired) electrons. The molecule has 0 unspecified atom stereocenters. The van der Waals surface area contributed by atoms with Gasteiger partial charge in [-0.25, -0.2) is 0 Å². The highest BCUT2D eigenvalue weighted by molar-refractivity contribution is 5.66. The molecule has 0 aliphatic rings. The molecule has 0 aliphatic heterocycles. The van der Waals surface area contributed by atoms with E-state index >= 15 is 0 Å². The molecule has 0 bridgehead atoms. The molecule has 0 amide bonds. The van der Waals surface area contributed by atoms with E-state index in [2.05, 4.69) is 19.1 Å². The zero-order valence-corrected chi connectivity index (χ0v) is 11.7. The van der Waals surface area contributed by atoms with Gasteiger partial charge in [-0.15, -0.1) is 0 Å². The highest BCUT2D eigenvalue weighted by atomic mass is 16.4. The summed E-state index contributed by atoms with van der Waals surface area (Å²) in [5, 5.41) is 8.45. The third-order valence-electron chi connectivity index (χ3n) is 2.87. The number of carboxylic acid groups (broad SMARTS) is 1. The number of hydrogen-bond donors (Lipinski definition) is 1. The van der Waals surface area contributed by atoms with Crippen molar-refractivity contribution in [1.82, 2.24) is 0 Å². The Bertz CT molecular complexity index is 241. The van der Waals surface area contributed by atoms with Crippen molar-refractivity contribution in [1.29, 1.82) is 0 Å². The highest BCUT2D eigenvalue weighted by Gasteiger charge is 1.92. The van der Waals surface area contributed by atoms with E-state index in [1.807, 2.05) is 12.2 Å². The molecule has 0 heterocycles. The van der Waals surface area contributed by atoms with Crippen molar-refractivity contribution in [3.05, 3.63) is 24.3 Å². The van der Waals surface area contributed by atoms with Crippen molar-refractivity contribution in [2.24, 2.45) is 0 Å². The molecule has 104 valence electrons. The average molecular weight is 252 g/mol. The number of allylic oxidation sites excluding steroid dienone is 4. The number of unbranched alkanes of at least 4 members (excludes halogenated alkanes) is 7. The monoisotopic (exact) mass is 252 g/mol. The van der Waals surface area contributed by atoms with Gasteiger partial charge in [-0.1, -0.05) is 63.3 Å². The van der Waals surface area contributed by atoms with Gasteiger partial charge in [0, 0.05) is 6.42 Å². The van der Waals surface area contributed by atoms with Gasteiger partial charge < -0.3 is 5.11 Å². The molecule has 0 aromatic carbocycles. The van der Waals surface area contributed by atoms with E-state index < -0.39 is 5.97 Å². The lowest BCUT2D eigenvalue weighted by atomic mass is 10.1. The fraction of sp³-hybridized carbons (Fsp3) is 0.688. The van der Waals surface area contributed by atoms with Gasteiger partial charge in [0.15, 0.2) is 0 Å². The quantitative estimate of drug-likeness (QED) is 0.387. The van der Waals surface area contributed by atoms with Crippen molar-refractivity contribution >= 4 is 5.97 Å². The van der Waals surface area contributed by atoms with E-state index in [1.165, 1.54) is 38.5 Å². The van der Waals surface area contributed by atoms with Crippen LogP contribution in [0.25, 0.3) is 0 Å². The summed E-state index contributed by atoms with van der Waals surface area (Å²) < 4.78 is 0. The van der Waals surface area contributed by atoms with Gasteiger partial charge in [-0.2, -0.15) is 0 Å². The van der Waals surface area contributed by atoms with Crippen molar-refractivity contribution in [2.45, 2.75) is 71.1 Å². The fourth-order valence-corrected chi connectivity index (χ4v) is 1.76. The normalized spacial score (nSPS) is 11.6. The SMILES string of the molecule is CCCCCCCC/C=C/C=C\CCCC(=O)O. The van der Waals surface area contributed by atoms with Crippen LogP contribution in [-0.2, 0) is 4.79 Å². The van der Waals surface area contributed by atoms with E-state index in [0.29, 0.717) is 0 Å². The Morgan fingerprint density at radius 1 is 0.889 bits per heavy atom. The van der Waals surface area contributed by atoms with Crippen LogP contribution in [0.15, 0.2) is 24.3 Å². The maximum atomic E-state index is 10.3. The van der Waals surface area contributed by atoms with Crippen LogP contribution in [0, 0.1) is 0 Å². The lowest BCUT2D eigenvalue weighted by Gasteiger charge is -1.97. The summed E-state index contributed by atoms with van der Waals surface area (Å²) in [6, 6.07) is 0. The molecular formula is C16H28O2. The highest BCUT2D eigenvalue weighted by Crippen LogP contribution is 2.07. The number of carboxylic acids is 1. The zero-order chi connectivity index (χ0) is 13.5. The fourth-order valence-electron chi connectivity index (χ4n) is 1.76. The van der Waals surface area contributed by atoms with Crippen LogP contribution >= 0.6 is 0 Å². The van der Waals surface area contributed by atoms with Gasteiger partial charge in [-0.05, 0) is 25.7 Å². The third-order valence-corrected chi connectivity index (χ3v) is 2.87. The summed E-state index contributed by atoms with van der Waals surface area (Å²) in [4.78, 5) is 10.3. The van der Waals surface area contributed by atoms with Crippen molar-refractivity contribution in [3.8, 4) is 0 Å². The molecule has 0 saturated carbocycles. The van der Waals surface area contributed by atoms with Crippen molar-refractivity contribution in [2.75, 3.05) is 0 Å². The van der Waals surface area contributed by atoms with E-state index in [4.69, 9.17) is 5.11 Å². The molecule has 0 rings (SSSR count). The van der Waals surface area contributed by atoms with E-state index in [1.54, 1.807) is 0 Å². The van der Waals surface area contributed by atoms with Crippen LogP contribution < -0.4 is 0 Å². The predicted molar refractivity (Wildman–Crippen MR) is 77.8 cm³/mol. The first-order chi connectivity index (χ1) is 8.77. The van der Waals surface area contributed by atoms with Crippen LogP contribution in [0.3, 0.4) is 0 Å². The largest absolute Gasteiger partial charge is 0.481 e. The lowest BCUT2D eigenvalue weighted by molar-refractivity contribution is -0.137. The molecular weight excluding hydrogens is 224 g/mol. The zero-order valence-electron chi connectivity index (χ0n) is 11.7. The van der Waals surface area contributed by atoms with Crippen LogP contribution in [-0.4, -0.2) is 11.1 Å². The number of rotatable bonds is 12. The summed E-state index contributed by atoms with van der Waals surface area (Å²) >= 11 is 0. The minimum absolute atomic E-state index is 0.270. The summed E-state index contributed by atoms with van der Waals surface area (Å²) in [5.41, 5.74) is 0.